The van der Waals surface area contributed by atoms with Gasteiger partial charge in [-0.15, -0.1) is 0 Å². The molecule has 0 aromatic rings. The number of nitrogens with two attached hydrogens (primary N) is 2. The van der Waals surface area contributed by atoms with Gasteiger partial charge < -0.3 is 26.8 Å². The Bertz CT molecular complexity index is 131. The summed E-state index contributed by atoms with van der Waals surface area (Å²) < 4.78 is 0. The molecule has 86 valence electrons. The summed E-state index contributed by atoms with van der Waals surface area (Å²) in [7, 11) is 0. The van der Waals surface area contributed by atoms with Crippen molar-refractivity contribution in [1.82, 2.24) is 0 Å². The Morgan fingerprint density at radius 1 is 1.21 bits per heavy atom. The Morgan fingerprint density at radius 2 is 1.71 bits per heavy atom. The Kier molecular flexibility index (Phi) is 13.9. The topological polar surface area (TPSA) is 130 Å². The van der Waals surface area contributed by atoms with Crippen LogP contribution < -0.4 is 11.5 Å². The number of aliphatic carboxylic acids is 1. The molecular weight excluding hydrogens is 188 g/mol. The maximum atomic E-state index is 10.1. The fourth-order valence-electron chi connectivity index (χ4n) is 0.632. The monoisotopic (exact) mass is 208 g/mol. The molecule has 0 aliphatic carbocycles. The van der Waals surface area contributed by atoms with E-state index in [4.69, 9.17) is 26.8 Å². The van der Waals surface area contributed by atoms with Gasteiger partial charge in [0.2, 0.25) is 0 Å². The minimum absolute atomic E-state index is 0.125. The molecule has 0 rings (SSSR count). The molecule has 0 fully saturated rings. The highest BCUT2D eigenvalue weighted by Crippen LogP contribution is 1.96. The molecule has 14 heavy (non-hydrogen) atoms. The van der Waals surface area contributed by atoms with Crippen LogP contribution in [-0.2, 0) is 4.79 Å². The third-order valence-corrected chi connectivity index (χ3v) is 1.39. The molecule has 0 saturated carbocycles. The smallest absolute Gasteiger partial charge is 0.320 e. The van der Waals surface area contributed by atoms with Gasteiger partial charge in [-0.05, 0) is 19.4 Å². The van der Waals surface area contributed by atoms with E-state index in [9.17, 15) is 4.79 Å². The minimum atomic E-state index is -0.933. The summed E-state index contributed by atoms with van der Waals surface area (Å²) in [6, 6.07) is -0.716. The Balaban J connectivity index is 0. The van der Waals surface area contributed by atoms with Crippen molar-refractivity contribution in [2.45, 2.75) is 25.3 Å². The Morgan fingerprint density at radius 3 is 2.00 bits per heavy atom. The number of carbonyl (C=O) groups is 1. The lowest BCUT2D eigenvalue weighted by atomic mass is 10.1. The zero-order valence-corrected chi connectivity index (χ0v) is 8.22. The number of hydrogen-bond acceptors (Lipinski definition) is 5. The van der Waals surface area contributed by atoms with E-state index in [-0.39, 0.29) is 13.2 Å². The van der Waals surface area contributed by atoms with Gasteiger partial charge in [0, 0.05) is 0 Å². The van der Waals surface area contributed by atoms with Gasteiger partial charge in [0.15, 0.2) is 0 Å². The standard InChI is InChI=1S/C6H14N2O2.C2H6O2/c7-4-2-1-3-5(8)6(9)10;3-1-2-4/h5H,1-4,7-8H2,(H,9,10);3-4H,1-2H2. The average molecular weight is 208 g/mol. The number of rotatable bonds is 6. The van der Waals surface area contributed by atoms with E-state index in [0.717, 1.165) is 12.8 Å². The first-order valence-corrected chi connectivity index (χ1v) is 4.50. The van der Waals surface area contributed by atoms with Crippen molar-refractivity contribution in [2.75, 3.05) is 19.8 Å². The number of unbranched alkanes of at least 4 members (excludes halogenated alkanes) is 1. The summed E-state index contributed by atoms with van der Waals surface area (Å²) >= 11 is 0. The van der Waals surface area contributed by atoms with E-state index in [1.54, 1.807) is 0 Å². The Labute approximate surface area is 83.5 Å². The molecule has 1 unspecified atom stereocenters. The fourth-order valence-corrected chi connectivity index (χ4v) is 0.632. The van der Waals surface area contributed by atoms with Crippen molar-refractivity contribution in [3.63, 3.8) is 0 Å². The molecule has 0 saturated heterocycles. The van der Waals surface area contributed by atoms with Crippen LogP contribution in [0.15, 0.2) is 0 Å². The molecule has 7 N–H and O–H groups in total. The number of aliphatic hydroxyl groups is 2. The molecule has 0 spiro atoms. The van der Waals surface area contributed by atoms with Crippen LogP contribution in [0.4, 0.5) is 0 Å². The lowest BCUT2D eigenvalue weighted by Crippen LogP contribution is -2.29. The summed E-state index contributed by atoms with van der Waals surface area (Å²) in [6.45, 7) is 0.354. The van der Waals surface area contributed by atoms with Gasteiger partial charge in [-0.3, -0.25) is 4.79 Å². The van der Waals surface area contributed by atoms with Gasteiger partial charge in [-0.1, -0.05) is 6.42 Å². The van der Waals surface area contributed by atoms with Crippen molar-refractivity contribution in [1.29, 1.82) is 0 Å². The van der Waals surface area contributed by atoms with Crippen LogP contribution in [0.1, 0.15) is 19.3 Å². The number of carboxylic acid groups (broad SMARTS) is 1. The molecular formula is C8H20N2O4. The molecule has 1 atom stereocenters. The summed E-state index contributed by atoms with van der Waals surface area (Å²) in [5.41, 5.74) is 10.4. The highest BCUT2D eigenvalue weighted by Gasteiger charge is 2.09. The molecule has 6 heteroatoms. The molecule has 0 radical (unpaired) electrons. The second kappa shape index (κ2) is 12.3. The third kappa shape index (κ3) is 13.9. The van der Waals surface area contributed by atoms with Crippen LogP contribution in [0.3, 0.4) is 0 Å². The van der Waals surface area contributed by atoms with Crippen LogP contribution in [0.25, 0.3) is 0 Å². The van der Waals surface area contributed by atoms with Crippen LogP contribution >= 0.6 is 0 Å². The molecule has 0 aliphatic heterocycles. The van der Waals surface area contributed by atoms with Crippen LogP contribution in [0, 0.1) is 0 Å². The van der Waals surface area contributed by atoms with Crippen LogP contribution in [0.5, 0.6) is 0 Å². The van der Waals surface area contributed by atoms with Gasteiger partial charge in [-0.2, -0.15) is 0 Å². The molecule has 0 aliphatic rings. The van der Waals surface area contributed by atoms with Crippen LogP contribution in [0.2, 0.25) is 0 Å². The number of carboxylic acids is 1. The predicted molar refractivity (Wildman–Crippen MR) is 52.7 cm³/mol. The van der Waals surface area contributed by atoms with E-state index in [1.165, 1.54) is 0 Å². The molecule has 0 aromatic carbocycles. The van der Waals surface area contributed by atoms with Gasteiger partial charge in [0.1, 0.15) is 6.04 Å². The van der Waals surface area contributed by atoms with Crippen molar-refractivity contribution in [2.24, 2.45) is 11.5 Å². The lowest BCUT2D eigenvalue weighted by Gasteiger charge is -2.03. The Hall–Kier alpha value is -0.690. The van der Waals surface area contributed by atoms with Gasteiger partial charge in [-0.25, -0.2) is 0 Å². The third-order valence-electron chi connectivity index (χ3n) is 1.39. The second-order valence-electron chi connectivity index (χ2n) is 2.68. The van der Waals surface area contributed by atoms with Crippen LogP contribution in [-0.4, -0.2) is 47.1 Å². The van der Waals surface area contributed by atoms with Crippen molar-refractivity contribution in [3.8, 4) is 0 Å². The van der Waals surface area contributed by atoms with E-state index < -0.39 is 12.0 Å². The largest absolute Gasteiger partial charge is 0.480 e. The zero-order valence-electron chi connectivity index (χ0n) is 8.22. The molecule has 0 aromatic heterocycles. The number of aliphatic hydroxyl groups excluding tert-OH is 2. The van der Waals surface area contributed by atoms with Gasteiger partial charge in [0.05, 0.1) is 13.2 Å². The SMILES string of the molecule is NCCCCC(N)C(=O)O.OCCO. The lowest BCUT2D eigenvalue weighted by molar-refractivity contribution is -0.138. The highest BCUT2D eigenvalue weighted by atomic mass is 16.4. The minimum Gasteiger partial charge on any atom is -0.480 e. The summed E-state index contributed by atoms with van der Waals surface area (Å²) in [5.74, 6) is -0.933. The van der Waals surface area contributed by atoms with E-state index in [1.807, 2.05) is 0 Å². The first-order chi connectivity index (χ1) is 6.59. The first-order valence-electron chi connectivity index (χ1n) is 4.50. The maximum Gasteiger partial charge on any atom is 0.320 e. The molecule has 6 nitrogen and oxygen atoms in total. The molecule has 0 bridgehead atoms. The van der Waals surface area contributed by atoms with Crippen molar-refractivity contribution >= 4 is 5.97 Å². The first kappa shape index (κ1) is 15.8. The second-order valence-corrected chi connectivity index (χ2v) is 2.68. The normalized spacial score (nSPS) is 11.4. The quantitative estimate of drug-likeness (QED) is 0.338. The van der Waals surface area contributed by atoms with E-state index in [2.05, 4.69) is 0 Å². The average Bonchev–Trinajstić information content (AvgIpc) is 2.18. The predicted octanol–water partition coefficient (Wildman–Crippen LogP) is -1.50. The van der Waals surface area contributed by atoms with Gasteiger partial charge >= 0.3 is 5.97 Å². The number of hydrogen-bond donors (Lipinski definition) is 5. The molecule has 0 heterocycles. The molecule has 0 amide bonds. The summed E-state index contributed by atoms with van der Waals surface area (Å²) in [5, 5.41) is 23.6. The highest BCUT2D eigenvalue weighted by molar-refractivity contribution is 5.72. The summed E-state index contributed by atoms with van der Waals surface area (Å²) in [4.78, 5) is 10.1. The fraction of sp³-hybridized carbons (Fsp3) is 0.875. The maximum absolute atomic E-state index is 10.1. The van der Waals surface area contributed by atoms with Gasteiger partial charge in [0.25, 0.3) is 0 Å². The van der Waals surface area contributed by atoms with Crippen molar-refractivity contribution in [3.05, 3.63) is 0 Å². The van der Waals surface area contributed by atoms with E-state index in [0.29, 0.717) is 13.0 Å². The van der Waals surface area contributed by atoms with E-state index >= 15 is 0 Å². The zero-order chi connectivity index (χ0) is 11.4. The summed E-state index contributed by atoms with van der Waals surface area (Å²) in [6.07, 6.45) is 2.16. The van der Waals surface area contributed by atoms with Crippen molar-refractivity contribution < 1.29 is 20.1 Å².